The number of carbonyl (C=O) groups is 2. The molecule has 0 aromatic carbocycles. The summed E-state index contributed by atoms with van der Waals surface area (Å²) in [6, 6.07) is -0.708. The van der Waals surface area contributed by atoms with Crippen LogP contribution in [0.15, 0.2) is 0 Å². The molecule has 6 nitrogen and oxygen atoms in total. The van der Waals surface area contributed by atoms with Crippen molar-refractivity contribution in [3.63, 3.8) is 0 Å². The summed E-state index contributed by atoms with van der Waals surface area (Å²) in [7, 11) is 3.97. The van der Waals surface area contributed by atoms with Gasteiger partial charge < -0.3 is 20.6 Å². The smallest absolute Gasteiger partial charge is 0.303 e. The van der Waals surface area contributed by atoms with E-state index in [2.05, 4.69) is 4.90 Å². The fourth-order valence-electron chi connectivity index (χ4n) is 1.64. The first kappa shape index (κ1) is 16.9. The monoisotopic (exact) mass is 259 g/mol. The van der Waals surface area contributed by atoms with Crippen molar-refractivity contribution >= 4 is 11.9 Å². The number of aliphatic carboxylic acids is 1. The van der Waals surface area contributed by atoms with Crippen LogP contribution in [0.5, 0.6) is 0 Å². The molecule has 0 aromatic heterocycles. The average Bonchev–Trinajstić information content (AvgIpc) is 2.30. The van der Waals surface area contributed by atoms with E-state index in [0.29, 0.717) is 13.1 Å². The normalized spacial score (nSPS) is 12.5. The zero-order chi connectivity index (χ0) is 14.1. The zero-order valence-electron chi connectivity index (χ0n) is 11.6. The third kappa shape index (κ3) is 7.24. The third-order valence-corrected chi connectivity index (χ3v) is 2.71. The Balaban J connectivity index is 4.11. The first-order valence-electron chi connectivity index (χ1n) is 6.29. The van der Waals surface area contributed by atoms with E-state index in [1.165, 1.54) is 0 Å². The van der Waals surface area contributed by atoms with Gasteiger partial charge in [-0.05, 0) is 40.4 Å². The second-order valence-electron chi connectivity index (χ2n) is 4.61. The van der Waals surface area contributed by atoms with Crippen LogP contribution in [-0.2, 0) is 9.59 Å². The second kappa shape index (κ2) is 8.88. The molecule has 1 atom stereocenters. The lowest BCUT2D eigenvalue weighted by Gasteiger charge is -2.24. The number of nitrogens with zero attached hydrogens (tertiary/aromatic N) is 2. The van der Waals surface area contributed by atoms with E-state index in [9.17, 15) is 9.59 Å². The highest BCUT2D eigenvalue weighted by molar-refractivity contribution is 5.82. The van der Waals surface area contributed by atoms with Gasteiger partial charge in [0, 0.05) is 19.5 Å². The van der Waals surface area contributed by atoms with Gasteiger partial charge in [-0.15, -0.1) is 0 Å². The summed E-state index contributed by atoms with van der Waals surface area (Å²) in [5, 5.41) is 8.56. The molecule has 0 bridgehead atoms. The van der Waals surface area contributed by atoms with Crippen molar-refractivity contribution in [2.24, 2.45) is 5.73 Å². The molecule has 0 radical (unpaired) electrons. The third-order valence-electron chi connectivity index (χ3n) is 2.71. The van der Waals surface area contributed by atoms with Crippen molar-refractivity contribution in [1.29, 1.82) is 0 Å². The number of hydrogen-bond donors (Lipinski definition) is 2. The first-order chi connectivity index (χ1) is 8.38. The number of amides is 1. The molecule has 1 amide bonds. The van der Waals surface area contributed by atoms with Gasteiger partial charge in [0.2, 0.25) is 5.91 Å². The Morgan fingerprint density at radius 2 is 1.89 bits per heavy atom. The van der Waals surface area contributed by atoms with Crippen LogP contribution in [0, 0.1) is 0 Å². The first-order valence-corrected chi connectivity index (χ1v) is 6.29. The summed E-state index contributed by atoms with van der Waals surface area (Å²) >= 11 is 0. The summed E-state index contributed by atoms with van der Waals surface area (Å²) in [6.07, 6.45) is 1.01. The van der Waals surface area contributed by atoms with Gasteiger partial charge in [-0.2, -0.15) is 0 Å². The van der Waals surface area contributed by atoms with Gasteiger partial charge in [-0.1, -0.05) is 0 Å². The summed E-state index contributed by atoms with van der Waals surface area (Å²) in [5.74, 6) is -1.08. The Labute approximate surface area is 109 Å². The van der Waals surface area contributed by atoms with E-state index in [1.54, 1.807) is 4.90 Å². The molecular weight excluding hydrogens is 234 g/mol. The molecule has 106 valence electrons. The Hall–Kier alpha value is -1.14. The summed E-state index contributed by atoms with van der Waals surface area (Å²) in [4.78, 5) is 26.1. The highest BCUT2D eigenvalue weighted by Gasteiger charge is 2.20. The van der Waals surface area contributed by atoms with E-state index in [-0.39, 0.29) is 18.7 Å². The minimum absolute atomic E-state index is 0.0673. The van der Waals surface area contributed by atoms with E-state index in [4.69, 9.17) is 10.8 Å². The molecule has 0 fully saturated rings. The molecule has 18 heavy (non-hydrogen) atoms. The topological polar surface area (TPSA) is 86.9 Å². The molecule has 0 aromatic rings. The van der Waals surface area contributed by atoms with Gasteiger partial charge in [0.25, 0.3) is 0 Å². The Bertz CT molecular complexity index is 269. The molecule has 0 heterocycles. The lowest BCUT2D eigenvalue weighted by molar-refractivity contribution is -0.137. The largest absolute Gasteiger partial charge is 0.481 e. The molecule has 0 aliphatic heterocycles. The minimum atomic E-state index is -0.922. The van der Waals surface area contributed by atoms with E-state index in [1.807, 2.05) is 21.0 Å². The van der Waals surface area contributed by atoms with Gasteiger partial charge >= 0.3 is 5.97 Å². The number of carboxylic acids is 1. The molecule has 0 spiro atoms. The molecule has 0 aliphatic carbocycles. The van der Waals surface area contributed by atoms with Gasteiger partial charge in [0.05, 0.1) is 6.04 Å². The summed E-state index contributed by atoms with van der Waals surface area (Å²) < 4.78 is 0. The highest BCUT2D eigenvalue weighted by atomic mass is 16.4. The number of nitrogens with two attached hydrogens (primary N) is 1. The number of carbonyl (C=O) groups excluding carboxylic acids is 1. The Morgan fingerprint density at radius 1 is 1.28 bits per heavy atom. The zero-order valence-corrected chi connectivity index (χ0v) is 11.6. The Morgan fingerprint density at radius 3 is 2.33 bits per heavy atom. The van der Waals surface area contributed by atoms with Crippen LogP contribution in [-0.4, -0.2) is 66.6 Å². The molecule has 0 saturated heterocycles. The van der Waals surface area contributed by atoms with Crippen molar-refractivity contribution in [2.45, 2.75) is 32.2 Å². The maximum atomic E-state index is 12.0. The molecule has 0 rings (SSSR count). The van der Waals surface area contributed by atoms with Crippen molar-refractivity contribution in [1.82, 2.24) is 9.80 Å². The minimum Gasteiger partial charge on any atom is -0.481 e. The van der Waals surface area contributed by atoms with E-state index >= 15 is 0 Å². The fraction of sp³-hybridized carbons (Fsp3) is 0.833. The number of rotatable bonds is 9. The van der Waals surface area contributed by atoms with Gasteiger partial charge in [0.15, 0.2) is 0 Å². The van der Waals surface area contributed by atoms with Crippen LogP contribution in [0.25, 0.3) is 0 Å². The summed E-state index contributed by atoms with van der Waals surface area (Å²) in [5.41, 5.74) is 5.71. The van der Waals surface area contributed by atoms with Crippen LogP contribution >= 0.6 is 0 Å². The molecule has 3 N–H and O–H groups in total. The molecule has 0 aliphatic rings. The van der Waals surface area contributed by atoms with Crippen molar-refractivity contribution < 1.29 is 14.7 Å². The molecule has 1 unspecified atom stereocenters. The predicted octanol–water partition coefficient (Wildman–Crippen LogP) is -0.0213. The SMILES string of the molecule is CCN(CCCN(C)C)C(=O)C(N)CCC(=O)O. The van der Waals surface area contributed by atoms with E-state index < -0.39 is 12.0 Å². The quantitative estimate of drug-likeness (QED) is 0.607. The van der Waals surface area contributed by atoms with Crippen molar-refractivity contribution in [3.8, 4) is 0 Å². The lowest BCUT2D eigenvalue weighted by Crippen LogP contribution is -2.44. The lowest BCUT2D eigenvalue weighted by atomic mass is 10.1. The molecule has 0 saturated carbocycles. The van der Waals surface area contributed by atoms with Crippen LogP contribution < -0.4 is 5.73 Å². The second-order valence-corrected chi connectivity index (χ2v) is 4.61. The van der Waals surface area contributed by atoms with Crippen molar-refractivity contribution in [3.05, 3.63) is 0 Å². The maximum absolute atomic E-state index is 12.0. The standard InChI is InChI=1S/C12H25N3O3/c1-4-15(9-5-8-14(2)3)12(18)10(13)6-7-11(16)17/h10H,4-9,13H2,1-3H3,(H,16,17). The maximum Gasteiger partial charge on any atom is 0.303 e. The molecular formula is C12H25N3O3. The fourth-order valence-corrected chi connectivity index (χ4v) is 1.64. The molecule has 6 heteroatoms. The average molecular weight is 259 g/mol. The Kier molecular flexibility index (Phi) is 8.32. The van der Waals surface area contributed by atoms with E-state index in [0.717, 1.165) is 13.0 Å². The van der Waals surface area contributed by atoms with Gasteiger partial charge in [-0.3, -0.25) is 9.59 Å². The van der Waals surface area contributed by atoms with Crippen LogP contribution in [0.1, 0.15) is 26.2 Å². The van der Waals surface area contributed by atoms with Crippen LogP contribution in [0.3, 0.4) is 0 Å². The van der Waals surface area contributed by atoms with Gasteiger partial charge in [0.1, 0.15) is 0 Å². The van der Waals surface area contributed by atoms with Crippen molar-refractivity contribution in [2.75, 3.05) is 33.7 Å². The van der Waals surface area contributed by atoms with Crippen LogP contribution in [0.2, 0.25) is 0 Å². The number of carboxylic acid groups (broad SMARTS) is 1. The highest BCUT2D eigenvalue weighted by Crippen LogP contribution is 2.02. The van der Waals surface area contributed by atoms with Crippen LogP contribution in [0.4, 0.5) is 0 Å². The number of likely N-dealkylation sites (N-methyl/N-ethyl adjacent to an activating group) is 1. The van der Waals surface area contributed by atoms with Gasteiger partial charge in [-0.25, -0.2) is 0 Å². The predicted molar refractivity (Wildman–Crippen MR) is 70.3 cm³/mol. The summed E-state index contributed by atoms with van der Waals surface area (Å²) in [6.45, 7) is 4.08. The number of hydrogen-bond acceptors (Lipinski definition) is 4.